The van der Waals surface area contributed by atoms with Crippen molar-refractivity contribution >= 4 is 9.84 Å². The Balaban J connectivity index is 2.23. The van der Waals surface area contributed by atoms with Crippen molar-refractivity contribution in [2.75, 3.05) is 5.75 Å². The number of hydrogen-bond acceptors (Lipinski definition) is 3. The lowest BCUT2D eigenvalue weighted by molar-refractivity contribution is 0.566. The van der Waals surface area contributed by atoms with Crippen LogP contribution in [-0.4, -0.2) is 19.4 Å². The van der Waals surface area contributed by atoms with Crippen molar-refractivity contribution in [3.63, 3.8) is 0 Å². The van der Waals surface area contributed by atoms with Gasteiger partial charge in [0.1, 0.15) is 0 Å². The van der Waals surface area contributed by atoms with Crippen LogP contribution in [-0.2, 0) is 9.84 Å². The van der Waals surface area contributed by atoms with Gasteiger partial charge >= 0.3 is 0 Å². The Hall–Kier alpha value is -1.65. The lowest BCUT2D eigenvalue weighted by Gasteiger charge is -2.20. The van der Waals surface area contributed by atoms with Crippen molar-refractivity contribution in [2.24, 2.45) is 5.73 Å². The van der Waals surface area contributed by atoms with Crippen LogP contribution >= 0.6 is 0 Å². The molecule has 0 fully saturated rings. The first-order valence-corrected chi connectivity index (χ1v) is 8.79. The second-order valence-corrected chi connectivity index (χ2v) is 7.82. The van der Waals surface area contributed by atoms with Crippen molar-refractivity contribution in [1.82, 2.24) is 0 Å². The highest BCUT2D eigenvalue weighted by Gasteiger charge is 2.26. The third-order valence-corrected chi connectivity index (χ3v) is 6.11. The van der Waals surface area contributed by atoms with Gasteiger partial charge in [-0.15, -0.1) is 0 Å². The fraction of sp³-hybridized carbons (Fsp3) is 0.294. The monoisotopic (exact) mass is 303 g/mol. The topological polar surface area (TPSA) is 60.2 Å². The maximum absolute atomic E-state index is 11.9. The summed E-state index contributed by atoms with van der Waals surface area (Å²) in [6.45, 7) is 3.33. The minimum absolute atomic E-state index is 0.115. The zero-order valence-electron chi connectivity index (χ0n) is 12.4. The van der Waals surface area contributed by atoms with E-state index in [1.807, 2.05) is 54.6 Å². The Morgan fingerprint density at radius 1 is 0.952 bits per heavy atom. The molecule has 0 heterocycles. The average Bonchev–Trinajstić information content (AvgIpc) is 2.54. The third-order valence-electron chi connectivity index (χ3n) is 3.88. The van der Waals surface area contributed by atoms with Gasteiger partial charge in [-0.05, 0) is 23.6 Å². The van der Waals surface area contributed by atoms with Crippen LogP contribution in [0, 0.1) is 0 Å². The Bertz CT molecular complexity index is 678. The number of rotatable bonds is 5. The van der Waals surface area contributed by atoms with Crippen LogP contribution < -0.4 is 5.73 Å². The molecule has 0 aromatic heterocycles. The van der Waals surface area contributed by atoms with Crippen molar-refractivity contribution in [2.45, 2.75) is 25.1 Å². The standard InChI is InChI=1S/C17H21NO2S/c1-3-21(19,20)13(2)17(18)16-11-9-15(10-12-16)14-7-5-4-6-8-14/h4-13,17H,3,18H2,1-2H3/t13-,17-/m1/s1. The highest BCUT2D eigenvalue weighted by Crippen LogP contribution is 2.24. The maximum Gasteiger partial charge on any atom is 0.154 e. The number of sulfone groups is 1. The summed E-state index contributed by atoms with van der Waals surface area (Å²) in [4.78, 5) is 0. The fourth-order valence-corrected chi connectivity index (χ4v) is 3.42. The molecular weight excluding hydrogens is 282 g/mol. The normalized spacial score (nSPS) is 14.6. The summed E-state index contributed by atoms with van der Waals surface area (Å²) in [5.41, 5.74) is 9.18. The van der Waals surface area contributed by atoms with E-state index in [1.54, 1.807) is 13.8 Å². The molecule has 2 rings (SSSR count). The fourth-order valence-electron chi connectivity index (χ4n) is 2.29. The van der Waals surface area contributed by atoms with Crippen molar-refractivity contribution in [3.05, 3.63) is 60.2 Å². The van der Waals surface area contributed by atoms with E-state index in [0.29, 0.717) is 0 Å². The molecule has 0 amide bonds. The SMILES string of the molecule is CCS(=O)(=O)[C@H](C)[C@@H](N)c1ccc(-c2ccccc2)cc1. The van der Waals surface area contributed by atoms with E-state index in [2.05, 4.69) is 0 Å². The summed E-state index contributed by atoms with van der Waals surface area (Å²) in [7, 11) is -3.13. The zero-order valence-corrected chi connectivity index (χ0v) is 13.2. The van der Waals surface area contributed by atoms with Crippen LogP contribution in [0.5, 0.6) is 0 Å². The van der Waals surface area contributed by atoms with Crippen LogP contribution in [0.2, 0.25) is 0 Å². The van der Waals surface area contributed by atoms with Crippen LogP contribution in [0.15, 0.2) is 54.6 Å². The van der Waals surface area contributed by atoms with Gasteiger partial charge in [0, 0.05) is 11.8 Å². The molecule has 112 valence electrons. The lowest BCUT2D eigenvalue weighted by atomic mass is 10.00. The van der Waals surface area contributed by atoms with Gasteiger partial charge in [-0.25, -0.2) is 8.42 Å². The lowest BCUT2D eigenvalue weighted by Crippen LogP contribution is -2.32. The molecule has 4 heteroatoms. The predicted octanol–water partition coefficient (Wildman–Crippen LogP) is 3.18. The smallest absolute Gasteiger partial charge is 0.154 e. The highest BCUT2D eigenvalue weighted by molar-refractivity contribution is 7.92. The highest BCUT2D eigenvalue weighted by atomic mass is 32.2. The van der Waals surface area contributed by atoms with Gasteiger partial charge in [-0.3, -0.25) is 0 Å². The largest absolute Gasteiger partial charge is 0.323 e. The van der Waals surface area contributed by atoms with E-state index < -0.39 is 21.1 Å². The molecule has 0 saturated heterocycles. The van der Waals surface area contributed by atoms with Gasteiger partial charge in [-0.2, -0.15) is 0 Å². The van der Waals surface area contributed by atoms with E-state index in [9.17, 15) is 8.42 Å². The summed E-state index contributed by atoms with van der Waals surface area (Å²) >= 11 is 0. The van der Waals surface area contributed by atoms with E-state index in [1.165, 1.54) is 0 Å². The van der Waals surface area contributed by atoms with Crippen LogP contribution in [0.25, 0.3) is 11.1 Å². The Morgan fingerprint density at radius 2 is 1.48 bits per heavy atom. The van der Waals surface area contributed by atoms with Gasteiger partial charge in [0.05, 0.1) is 5.25 Å². The summed E-state index contributed by atoms with van der Waals surface area (Å²) in [6.07, 6.45) is 0. The molecule has 3 nitrogen and oxygen atoms in total. The molecule has 0 aliphatic heterocycles. The average molecular weight is 303 g/mol. The Kier molecular flexibility index (Phi) is 4.80. The minimum Gasteiger partial charge on any atom is -0.323 e. The zero-order chi connectivity index (χ0) is 15.5. The molecule has 0 unspecified atom stereocenters. The maximum atomic E-state index is 11.9. The molecule has 0 aliphatic rings. The molecule has 0 saturated carbocycles. The quantitative estimate of drug-likeness (QED) is 0.923. The first-order valence-electron chi connectivity index (χ1n) is 7.08. The molecule has 0 aliphatic carbocycles. The Labute approximate surface area is 126 Å². The number of hydrogen-bond donors (Lipinski definition) is 1. The number of nitrogens with two attached hydrogens (primary N) is 1. The summed E-state index contributed by atoms with van der Waals surface area (Å²) < 4.78 is 23.8. The summed E-state index contributed by atoms with van der Waals surface area (Å²) in [6, 6.07) is 17.3. The minimum atomic E-state index is -3.13. The van der Waals surface area contributed by atoms with Crippen molar-refractivity contribution < 1.29 is 8.42 Å². The van der Waals surface area contributed by atoms with E-state index in [0.717, 1.165) is 16.7 Å². The van der Waals surface area contributed by atoms with E-state index in [-0.39, 0.29) is 5.75 Å². The van der Waals surface area contributed by atoms with Gasteiger partial charge in [0.2, 0.25) is 0 Å². The van der Waals surface area contributed by atoms with Gasteiger partial charge in [0.15, 0.2) is 9.84 Å². The number of benzene rings is 2. The molecule has 0 radical (unpaired) electrons. The van der Waals surface area contributed by atoms with Gasteiger partial charge in [-0.1, -0.05) is 61.5 Å². The second-order valence-electron chi connectivity index (χ2n) is 5.17. The second kappa shape index (κ2) is 6.41. The van der Waals surface area contributed by atoms with Crippen molar-refractivity contribution in [1.29, 1.82) is 0 Å². The van der Waals surface area contributed by atoms with Crippen molar-refractivity contribution in [3.8, 4) is 11.1 Å². The van der Waals surface area contributed by atoms with E-state index >= 15 is 0 Å². The summed E-state index contributed by atoms with van der Waals surface area (Å²) in [5.74, 6) is 0.115. The van der Waals surface area contributed by atoms with E-state index in [4.69, 9.17) is 5.73 Å². The van der Waals surface area contributed by atoms with Crippen LogP contribution in [0.4, 0.5) is 0 Å². The van der Waals surface area contributed by atoms with Crippen LogP contribution in [0.3, 0.4) is 0 Å². The molecule has 2 aromatic carbocycles. The first-order chi connectivity index (χ1) is 9.95. The first kappa shape index (κ1) is 15.7. The molecule has 21 heavy (non-hydrogen) atoms. The molecule has 0 spiro atoms. The molecule has 2 aromatic rings. The predicted molar refractivity (Wildman–Crippen MR) is 87.7 cm³/mol. The third kappa shape index (κ3) is 3.52. The molecule has 2 N–H and O–H groups in total. The van der Waals surface area contributed by atoms with Gasteiger partial charge in [0.25, 0.3) is 0 Å². The molecule has 0 bridgehead atoms. The molecule has 2 atom stereocenters. The van der Waals surface area contributed by atoms with Gasteiger partial charge < -0.3 is 5.73 Å². The molecular formula is C17H21NO2S. The Morgan fingerprint density at radius 3 is 2.00 bits per heavy atom. The summed E-state index contributed by atoms with van der Waals surface area (Å²) in [5, 5.41) is -0.579. The van der Waals surface area contributed by atoms with Crippen LogP contribution in [0.1, 0.15) is 25.5 Å².